The zero-order valence-electron chi connectivity index (χ0n) is 13.0. The lowest BCUT2D eigenvalue weighted by atomic mass is 9.95. The van der Waals surface area contributed by atoms with E-state index in [1.165, 1.54) is 17.4 Å². The van der Waals surface area contributed by atoms with E-state index >= 15 is 0 Å². The van der Waals surface area contributed by atoms with Crippen molar-refractivity contribution in [1.29, 1.82) is 0 Å². The molecule has 6 nitrogen and oxygen atoms in total. The number of nitrogens with one attached hydrogen (secondary N) is 2. The first-order valence-electron chi connectivity index (χ1n) is 7.23. The van der Waals surface area contributed by atoms with E-state index in [0.29, 0.717) is 5.56 Å². The smallest absolute Gasteiger partial charge is 0.324 e. The molecule has 0 spiro atoms. The maximum absolute atomic E-state index is 13.2. The third-order valence-electron chi connectivity index (χ3n) is 3.88. The topological polar surface area (TPSA) is 78.5 Å². The van der Waals surface area contributed by atoms with Crippen molar-refractivity contribution in [2.45, 2.75) is 12.5 Å². The molecule has 1 atom stereocenters. The molecule has 1 aliphatic rings. The summed E-state index contributed by atoms with van der Waals surface area (Å²) in [5.41, 5.74) is -0.588. The van der Waals surface area contributed by atoms with Gasteiger partial charge in [0.15, 0.2) is 11.6 Å². The van der Waals surface area contributed by atoms with Crippen LogP contribution in [0.2, 0.25) is 0 Å². The van der Waals surface area contributed by atoms with Gasteiger partial charge in [-0.15, -0.1) is 0 Å². The molecule has 25 heavy (non-hydrogen) atoms. The SMILES string of the molecule is C[C@]1(c2ccsc2)NC(=O)N(CC(=O)Nc2ccc(F)c(F)c2)C1=O. The first kappa shape index (κ1) is 17.0. The maximum atomic E-state index is 13.2. The Morgan fingerprint density at radius 2 is 2.04 bits per heavy atom. The number of nitrogens with zero attached hydrogens (tertiary/aromatic N) is 1. The molecular formula is C16H13F2N3O3S. The third kappa shape index (κ3) is 3.10. The number of hydrogen-bond acceptors (Lipinski definition) is 4. The number of halogens is 2. The number of benzene rings is 1. The van der Waals surface area contributed by atoms with Gasteiger partial charge in [0.1, 0.15) is 12.1 Å². The molecule has 2 N–H and O–H groups in total. The molecule has 0 unspecified atom stereocenters. The summed E-state index contributed by atoms with van der Waals surface area (Å²) in [5.74, 6) is -3.42. The zero-order chi connectivity index (χ0) is 18.2. The van der Waals surface area contributed by atoms with Crippen LogP contribution in [-0.2, 0) is 15.1 Å². The molecule has 9 heteroatoms. The summed E-state index contributed by atoms with van der Waals surface area (Å²) in [5, 5.41) is 8.41. The second-order valence-corrected chi connectivity index (χ2v) is 6.42. The fraction of sp³-hybridized carbons (Fsp3) is 0.188. The minimum Gasteiger partial charge on any atom is -0.324 e. The highest BCUT2D eigenvalue weighted by Gasteiger charge is 2.49. The van der Waals surface area contributed by atoms with Crippen molar-refractivity contribution in [2.24, 2.45) is 0 Å². The lowest BCUT2D eigenvalue weighted by Crippen LogP contribution is -2.41. The molecular weight excluding hydrogens is 352 g/mol. The molecule has 1 aromatic carbocycles. The zero-order valence-corrected chi connectivity index (χ0v) is 13.8. The van der Waals surface area contributed by atoms with Gasteiger partial charge in [-0.25, -0.2) is 13.6 Å². The highest BCUT2D eigenvalue weighted by Crippen LogP contribution is 2.30. The van der Waals surface area contributed by atoms with Gasteiger partial charge in [0, 0.05) is 11.8 Å². The summed E-state index contributed by atoms with van der Waals surface area (Å²) >= 11 is 1.38. The monoisotopic (exact) mass is 365 g/mol. The highest BCUT2D eigenvalue weighted by atomic mass is 32.1. The van der Waals surface area contributed by atoms with Gasteiger partial charge in [-0.2, -0.15) is 11.3 Å². The van der Waals surface area contributed by atoms with Gasteiger partial charge >= 0.3 is 6.03 Å². The molecule has 2 heterocycles. The largest absolute Gasteiger partial charge is 0.325 e. The van der Waals surface area contributed by atoms with E-state index < -0.39 is 41.6 Å². The number of amides is 4. The molecule has 130 valence electrons. The minimum atomic E-state index is -1.24. The van der Waals surface area contributed by atoms with Gasteiger partial charge in [-0.1, -0.05) is 0 Å². The van der Waals surface area contributed by atoms with Crippen molar-refractivity contribution in [3.05, 3.63) is 52.2 Å². The summed E-state index contributed by atoms with van der Waals surface area (Å²) < 4.78 is 26.1. The quantitative estimate of drug-likeness (QED) is 0.817. The van der Waals surface area contributed by atoms with Crippen LogP contribution in [0.25, 0.3) is 0 Å². The Labute approximate surface area is 145 Å². The summed E-state index contributed by atoms with van der Waals surface area (Å²) in [6.45, 7) is 1.02. The van der Waals surface area contributed by atoms with E-state index in [9.17, 15) is 23.2 Å². The van der Waals surface area contributed by atoms with Gasteiger partial charge in [0.05, 0.1) is 0 Å². The Bertz CT molecular complexity index is 856. The van der Waals surface area contributed by atoms with E-state index in [4.69, 9.17) is 0 Å². The Hall–Kier alpha value is -2.81. The van der Waals surface area contributed by atoms with E-state index in [2.05, 4.69) is 10.6 Å². The molecule has 0 bridgehead atoms. The Kier molecular flexibility index (Phi) is 4.25. The second kappa shape index (κ2) is 6.25. The number of rotatable bonds is 4. The van der Waals surface area contributed by atoms with Gasteiger partial charge in [0.25, 0.3) is 5.91 Å². The number of anilines is 1. The molecule has 4 amide bonds. The van der Waals surface area contributed by atoms with Crippen LogP contribution in [0.4, 0.5) is 19.3 Å². The predicted octanol–water partition coefficient (Wildman–Crippen LogP) is 2.43. The van der Waals surface area contributed by atoms with E-state index in [0.717, 1.165) is 17.0 Å². The molecule has 1 aromatic heterocycles. The fourth-order valence-corrected chi connectivity index (χ4v) is 3.27. The van der Waals surface area contributed by atoms with Crippen LogP contribution in [0.1, 0.15) is 12.5 Å². The number of carbonyl (C=O) groups is 3. The average Bonchev–Trinajstić information content (AvgIpc) is 3.16. The fourth-order valence-electron chi connectivity index (χ4n) is 2.50. The van der Waals surface area contributed by atoms with Crippen LogP contribution in [0.15, 0.2) is 35.0 Å². The minimum absolute atomic E-state index is 0.0246. The second-order valence-electron chi connectivity index (χ2n) is 5.64. The first-order chi connectivity index (χ1) is 11.8. The van der Waals surface area contributed by atoms with E-state index in [1.54, 1.807) is 23.8 Å². The lowest BCUT2D eigenvalue weighted by molar-refractivity contribution is -0.133. The lowest BCUT2D eigenvalue weighted by Gasteiger charge is -2.20. The van der Waals surface area contributed by atoms with Gasteiger partial charge in [-0.05, 0) is 41.4 Å². The molecule has 1 fully saturated rings. The summed E-state index contributed by atoms with van der Waals surface area (Å²) in [4.78, 5) is 37.5. The number of carbonyl (C=O) groups excluding carboxylic acids is 3. The molecule has 0 aliphatic carbocycles. The first-order valence-corrected chi connectivity index (χ1v) is 8.17. The summed E-state index contributed by atoms with van der Waals surface area (Å²) in [6, 6.07) is 3.88. The number of thiophene rings is 1. The van der Waals surface area contributed by atoms with Crippen LogP contribution in [0.3, 0.4) is 0 Å². The standard InChI is InChI=1S/C16H13F2N3O3S/c1-16(9-4-5-25-8-9)14(23)21(15(24)20-16)7-13(22)19-10-2-3-11(17)12(18)6-10/h2-6,8H,7H2,1H3,(H,19,22)(H,20,24)/t16-/m1/s1. The molecule has 0 saturated carbocycles. The summed E-state index contributed by atoms with van der Waals surface area (Å²) in [6.07, 6.45) is 0. The highest BCUT2D eigenvalue weighted by molar-refractivity contribution is 7.08. The van der Waals surface area contributed by atoms with Crippen molar-refractivity contribution in [1.82, 2.24) is 10.2 Å². The Morgan fingerprint density at radius 1 is 1.28 bits per heavy atom. The van der Waals surface area contributed by atoms with Crippen molar-refractivity contribution in [3.63, 3.8) is 0 Å². The van der Waals surface area contributed by atoms with Crippen LogP contribution in [0.5, 0.6) is 0 Å². The molecule has 2 aromatic rings. The molecule has 0 radical (unpaired) electrons. The number of urea groups is 1. The van der Waals surface area contributed by atoms with Crippen LogP contribution in [0, 0.1) is 11.6 Å². The van der Waals surface area contributed by atoms with Gasteiger partial charge < -0.3 is 10.6 Å². The molecule has 1 aliphatic heterocycles. The maximum Gasteiger partial charge on any atom is 0.325 e. The summed E-state index contributed by atoms with van der Waals surface area (Å²) in [7, 11) is 0. The van der Waals surface area contributed by atoms with E-state index in [1.807, 2.05) is 0 Å². The van der Waals surface area contributed by atoms with Crippen molar-refractivity contribution >= 4 is 34.9 Å². The van der Waals surface area contributed by atoms with Gasteiger partial charge in [-0.3, -0.25) is 14.5 Å². The number of hydrogen-bond donors (Lipinski definition) is 2. The van der Waals surface area contributed by atoms with Crippen molar-refractivity contribution in [3.8, 4) is 0 Å². The number of imide groups is 1. The van der Waals surface area contributed by atoms with E-state index in [-0.39, 0.29) is 5.69 Å². The van der Waals surface area contributed by atoms with Crippen LogP contribution >= 0.6 is 11.3 Å². The predicted molar refractivity (Wildman–Crippen MR) is 86.9 cm³/mol. The van der Waals surface area contributed by atoms with Crippen LogP contribution in [-0.4, -0.2) is 29.3 Å². The van der Waals surface area contributed by atoms with Crippen molar-refractivity contribution < 1.29 is 23.2 Å². The average molecular weight is 365 g/mol. The molecule has 3 rings (SSSR count). The Morgan fingerprint density at radius 3 is 2.68 bits per heavy atom. The van der Waals surface area contributed by atoms with Crippen molar-refractivity contribution in [2.75, 3.05) is 11.9 Å². The Balaban J connectivity index is 1.72. The normalized spacial score (nSPS) is 19.9. The third-order valence-corrected chi connectivity index (χ3v) is 4.56. The molecule has 1 saturated heterocycles. The van der Waals surface area contributed by atoms with Crippen LogP contribution < -0.4 is 10.6 Å². The van der Waals surface area contributed by atoms with Gasteiger partial charge in [0.2, 0.25) is 5.91 Å².